The first-order valence-corrected chi connectivity index (χ1v) is 21.3. The second-order valence-electron chi connectivity index (χ2n) is 14.2. The standard InChI is InChI=1S/C24H16Cl2N4O3.C23H13Cl3N4O2/c1-32-17-6-7-19-18(12-17)20(22(26)30(19)13-14-2-4-16(25)5-3-14)21(31)23-28-24(33-29-23)15-8-10-27-11-9-15;24-15-8-7-14(17(25)10-15)12-30-18-6-2-1-5-16(18)19(21(30)26)20(31)22-28-23(32-29-22)13-4-3-9-27-11-13/h2-12H,13H2,1H3;1-11H,12H2. The Morgan fingerprint density at radius 3 is 1.89 bits per heavy atom. The van der Waals surface area contributed by atoms with Crippen LogP contribution in [0.2, 0.25) is 25.4 Å². The lowest BCUT2D eigenvalue weighted by Gasteiger charge is -2.09. The van der Waals surface area contributed by atoms with Gasteiger partial charge >= 0.3 is 0 Å². The number of ether oxygens (including phenoxy) is 1. The number of carbonyl (C=O) groups excluding carboxylic acids is 2. The van der Waals surface area contributed by atoms with Crippen LogP contribution in [-0.2, 0) is 13.1 Å². The van der Waals surface area contributed by atoms with Crippen molar-refractivity contribution in [2.24, 2.45) is 0 Å². The van der Waals surface area contributed by atoms with E-state index in [9.17, 15) is 9.59 Å². The molecule has 10 aromatic rings. The summed E-state index contributed by atoms with van der Waals surface area (Å²) in [7, 11) is 1.56. The van der Waals surface area contributed by atoms with Gasteiger partial charge in [-0.25, -0.2) is 0 Å². The van der Waals surface area contributed by atoms with E-state index >= 15 is 0 Å². The number of hydrogen-bond donors (Lipinski definition) is 0. The molecule has 13 nitrogen and oxygen atoms in total. The molecule has 0 atom stereocenters. The molecule has 0 amide bonds. The van der Waals surface area contributed by atoms with Crippen LogP contribution in [0, 0.1) is 0 Å². The Hall–Kier alpha value is -6.87. The molecule has 0 spiro atoms. The lowest BCUT2D eigenvalue weighted by Crippen LogP contribution is -2.06. The van der Waals surface area contributed by atoms with Crippen molar-refractivity contribution in [3.63, 3.8) is 0 Å². The van der Waals surface area contributed by atoms with Gasteiger partial charge in [0.2, 0.25) is 23.2 Å². The summed E-state index contributed by atoms with van der Waals surface area (Å²) in [4.78, 5) is 43.4. The van der Waals surface area contributed by atoms with Gasteiger partial charge in [0.1, 0.15) is 16.1 Å². The first-order valence-electron chi connectivity index (χ1n) is 19.5. The molecule has 10 rings (SSSR count). The van der Waals surface area contributed by atoms with Gasteiger partial charge in [0.15, 0.2) is 0 Å². The van der Waals surface area contributed by atoms with E-state index in [1.165, 1.54) is 0 Å². The molecule has 0 saturated carbocycles. The van der Waals surface area contributed by atoms with Gasteiger partial charge in [0.25, 0.3) is 11.8 Å². The van der Waals surface area contributed by atoms with Crippen molar-refractivity contribution < 1.29 is 23.4 Å². The topological polar surface area (TPSA) is 157 Å². The molecule has 0 aliphatic heterocycles. The highest BCUT2D eigenvalue weighted by molar-refractivity contribution is 6.38. The number of halogens is 5. The van der Waals surface area contributed by atoms with Crippen LogP contribution in [0.25, 0.3) is 44.7 Å². The summed E-state index contributed by atoms with van der Waals surface area (Å²) in [5.74, 6) is -0.0328. The van der Waals surface area contributed by atoms with Crippen molar-refractivity contribution in [1.29, 1.82) is 0 Å². The summed E-state index contributed by atoms with van der Waals surface area (Å²) in [6, 6.07) is 32.6. The Labute approximate surface area is 394 Å². The molecule has 0 aliphatic carbocycles. The van der Waals surface area contributed by atoms with Crippen molar-refractivity contribution in [1.82, 2.24) is 39.4 Å². The average Bonchev–Trinajstić information content (AvgIpc) is 4.14. The van der Waals surface area contributed by atoms with Crippen molar-refractivity contribution >= 4 is 91.4 Å². The maximum absolute atomic E-state index is 13.5. The number of fused-ring (bicyclic) bond motifs is 2. The number of para-hydroxylation sites is 1. The summed E-state index contributed by atoms with van der Waals surface area (Å²) >= 11 is 31.9. The van der Waals surface area contributed by atoms with Crippen LogP contribution in [0.4, 0.5) is 0 Å². The molecule has 65 heavy (non-hydrogen) atoms. The molecule has 18 heteroatoms. The van der Waals surface area contributed by atoms with E-state index in [1.54, 1.807) is 74.4 Å². The molecule has 0 N–H and O–H groups in total. The molecule has 0 unspecified atom stereocenters. The highest BCUT2D eigenvalue weighted by atomic mass is 35.5. The van der Waals surface area contributed by atoms with Crippen LogP contribution in [0.15, 0.2) is 143 Å². The molecule has 4 aromatic carbocycles. The molecule has 6 aromatic heterocycles. The minimum Gasteiger partial charge on any atom is -0.497 e. The van der Waals surface area contributed by atoms with Crippen molar-refractivity contribution in [2.45, 2.75) is 13.1 Å². The SMILES string of the molecule is COc1ccc2c(c1)c(C(=O)c1noc(-c3ccncc3)n1)c(Cl)n2Cc1ccc(Cl)cc1.O=C(c1noc(-c2cccnc2)n1)c1c(Cl)n(Cc2ccc(Cl)cc2Cl)c2ccccc12. The van der Waals surface area contributed by atoms with Gasteiger partial charge in [-0.1, -0.05) is 105 Å². The van der Waals surface area contributed by atoms with Gasteiger partial charge in [-0.15, -0.1) is 0 Å². The molecule has 0 aliphatic rings. The number of aromatic nitrogens is 8. The second-order valence-corrected chi connectivity index (χ2v) is 16.2. The summed E-state index contributed by atoms with van der Waals surface area (Å²) in [6.07, 6.45) is 6.42. The van der Waals surface area contributed by atoms with Crippen LogP contribution in [0.1, 0.15) is 43.5 Å². The van der Waals surface area contributed by atoms with Gasteiger partial charge in [-0.2, -0.15) is 9.97 Å². The molecular formula is C47H29Cl5N8O5. The Bertz CT molecular complexity index is 3370. The molecule has 322 valence electrons. The number of carbonyl (C=O) groups is 2. The number of rotatable bonds is 11. The van der Waals surface area contributed by atoms with Crippen LogP contribution >= 0.6 is 58.0 Å². The predicted octanol–water partition coefficient (Wildman–Crippen LogP) is 12.0. The number of nitrogens with zero attached hydrogens (tertiary/aromatic N) is 8. The van der Waals surface area contributed by atoms with Crippen LogP contribution in [0.5, 0.6) is 5.75 Å². The smallest absolute Gasteiger partial charge is 0.259 e. The normalized spacial score (nSPS) is 11.2. The maximum atomic E-state index is 13.5. The summed E-state index contributed by atoms with van der Waals surface area (Å²) in [5, 5.41) is 11.3. The molecule has 0 saturated heterocycles. The van der Waals surface area contributed by atoms with Crippen molar-refractivity contribution in [3.05, 3.63) is 193 Å². The number of methoxy groups -OCH3 is 1. The minimum absolute atomic E-state index is 0.0850. The van der Waals surface area contributed by atoms with E-state index < -0.39 is 11.6 Å². The fourth-order valence-corrected chi connectivity index (χ4v) is 8.38. The Balaban J connectivity index is 0.000000164. The van der Waals surface area contributed by atoms with Gasteiger partial charge in [-0.3, -0.25) is 19.6 Å². The highest BCUT2D eigenvalue weighted by Crippen LogP contribution is 2.36. The monoisotopic (exact) mass is 960 g/mol. The molecular weight excluding hydrogens is 934 g/mol. The molecule has 0 radical (unpaired) electrons. The lowest BCUT2D eigenvalue weighted by atomic mass is 10.1. The number of pyridine rings is 2. The average molecular weight is 963 g/mol. The lowest BCUT2D eigenvalue weighted by molar-refractivity contribution is 0.102. The van der Waals surface area contributed by atoms with Crippen molar-refractivity contribution in [3.8, 4) is 28.7 Å². The summed E-state index contributed by atoms with van der Waals surface area (Å²) in [5.41, 5.74) is 5.20. The fourth-order valence-electron chi connectivity index (χ4n) is 7.11. The Morgan fingerprint density at radius 2 is 1.23 bits per heavy atom. The van der Waals surface area contributed by atoms with Gasteiger partial charge in [-0.05, 0) is 83.9 Å². The first kappa shape index (κ1) is 43.4. The maximum Gasteiger partial charge on any atom is 0.259 e. The minimum atomic E-state index is -0.447. The van der Waals surface area contributed by atoms with E-state index in [-0.39, 0.29) is 39.3 Å². The summed E-state index contributed by atoms with van der Waals surface area (Å²) < 4.78 is 19.6. The number of benzene rings is 4. The van der Waals surface area contributed by atoms with E-state index in [4.69, 9.17) is 71.8 Å². The number of ketones is 2. The third-order valence-corrected chi connectivity index (χ3v) is 11.9. The first-order chi connectivity index (χ1) is 31.6. The third-order valence-electron chi connectivity index (χ3n) is 10.3. The van der Waals surface area contributed by atoms with Gasteiger partial charge in [0, 0.05) is 62.7 Å². The Morgan fingerprint density at radius 1 is 0.600 bits per heavy atom. The van der Waals surface area contributed by atoms with Gasteiger partial charge in [0.05, 0.1) is 41.4 Å². The van der Waals surface area contributed by atoms with Crippen molar-refractivity contribution in [2.75, 3.05) is 7.11 Å². The van der Waals surface area contributed by atoms with Gasteiger partial charge < -0.3 is 22.9 Å². The zero-order valence-corrected chi connectivity index (χ0v) is 37.4. The fraction of sp³-hybridized carbons (Fsp3) is 0.0638. The molecule has 0 bridgehead atoms. The number of hydrogen-bond acceptors (Lipinski definition) is 11. The largest absolute Gasteiger partial charge is 0.497 e. The second kappa shape index (κ2) is 18.7. The predicted molar refractivity (Wildman–Crippen MR) is 248 cm³/mol. The zero-order chi connectivity index (χ0) is 45.2. The van der Waals surface area contributed by atoms with E-state index in [0.717, 1.165) is 22.2 Å². The quantitative estimate of drug-likeness (QED) is 0.114. The third kappa shape index (κ3) is 8.84. The molecule has 0 fully saturated rings. The zero-order valence-electron chi connectivity index (χ0n) is 33.6. The molecule has 6 heterocycles. The summed E-state index contributed by atoms with van der Waals surface area (Å²) in [6.45, 7) is 0.802. The van der Waals surface area contributed by atoms with Crippen LogP contribution < -0.4 is 4.74 Å². The highest BCUT2D eigenvalue weighted by Gasteiger charge is 2.28. The Kier molecular flexibility index (Phi) is 12.5. The van der Waals surface area contributed by atoms with E-state index in [1.807, 2.05) is 75.9 Å². The van der Waals surface area contributed by atoms with Crippen LogP contribution in [0.3, 0.4) is 0 Å². The van der Waals surface area contributed by atoms with E-state index in [0.29, 0.717) is 61.4 Å². The van der Waals surface area contributed by atoms with Crippen LogP contribution in [-0.4, -0.2) is 58.1 Å². The van der Waals surface area contributed by atoms with E-state index in [2.05, 4.69) is 30.2 Å².